The van der Waals surface area contributed by atoms with E-state index in [0.717, 1.165) is 25.3 Å². The number of aromatic nitrogens is 2. The number of fused-ring (bicyclic) bond motifs is 1. The van der Waals surface area contributed by atoms with Gasteiger partial charge in [-0.2, -0.15) is 11.3 Å². The monoisotopic (exact) mass is 271 g/mol. The second-order valence-corrected chi connectivity index (χ2v) is 5.35. The quantitative estimate of drug-likeness (QED) is 0.772. The van der Waals surface area contributed by atoms with E-state index >= 15 is 0 Å². The summed E-state index contributed by atoms with van der Waals surface area (Å²) in [5, 5.41) is 8.95. The predicted octanol–water partition coefficient (Wildman–Crippen LogP) is 3.26. The number of nitrogens with zero attached hydrogens (tertiary/aromatic N) is 2. The Balaban J connectivity index is 1.99. The minimum atomic E-state index is 0.892. The molecular formula is C15H17N3S. The van der Waals surface area contributed by atoms with Crippen molar-refractivity contribution in [3.05, 3.63) is 52.5 Å². The first-order valence-corrected chi connectivity index (χ1v) is 7.47. The molecule has 4 heteroatoms. The molecule has 3 aromatic rings. The number of hydrogen-bond donors (Lipinski definition) is 1. The van der Waals surface area contributed by atoms with Gasteiger partial charge in [0.15, 0.2) is 0 Å². The van der Waals surface area contributed by atoms with Crippen molar-refractivity contribution in [1.82, 2.24) is 14.9 Å². The van der Waals surface area contributed by atoms with Gasteiger partial charge >= 0.3 is 0 Å². The first-order chi connectivity index (χ1) is 9.38. The molecule has 3 aromatic heterocycles. The molecule has 0 spiro atoms. The number of thiophene rings is 1. The van der Waals surface area contributed by atoms with Gasteiger partial charge in [0, 0.05) is 30.9 Å². The molecule has 0 fully saturated rings. The molecule has 0 saturated carbocycles. The SMILES string of the molecule is CCNCc1cn(Cc2ccsc2)c2ncccc12. The van der Waals surface area contributed by atoms with Crippen LogP contribution in [0.2, 0.25) is 0 Å². The molecular weight excluding hydrogens is 254 g/mol. The van der Waals surface area contributed by atoms with Gasteiger partial charge in [-0.1, -0.05) is 6.92 Å². The van der Waals surface area contributed by atoms with Crippen LogP contribution in [0.25, 0.3) is 11.0 Å². The third-order valence-electron chi connectivity index (χ3n) is 3.21. The van der Waals surface area contributed by atoms with Crippen molar-refractivity contribution in [2.24, 2.45) is 0 Å². The first kappa shape index (κ1) is 12.4. The molecule has 3 nitrogen and oxygen atoms in total. The van der Waals surface area contributed by atoms with Gasteiger partial charge in [0.05, 0.1) is 0 Å². The average molecular weight is 271 g/mol. The molecule has 0 aliphatic rings. The highest BCUT2D eigenvalue weighted by Crippen LogP contribution is 2.21. The Bertz CT molecular complexity index is 655. The third-order valence-corrected chi connectivity index (χ3v) is 3.95. The molecule has 0 radical (unpaired) electrons. The van der Waals surface area contributed by atoms with Crippen LogP contribution in [0.15, 0.2) is 41.4 Å². The standard InChI is InChI=1S/C15H17N3S/c1-2-16-8-13-10-18(9-12-5-7-19-11-12)15-14(13)4-3-6-17-15/h3-7,10-11,16H,2,8-9H2,1H3. The van der Waals surface area contributed by atoms with E-state index in [9.17, 15) is 0 Å². The van der Waals surface area contributed by atoms with Gasteiger partial charge in [0.25, 0.3) is 0 Å². The minimum Gasteiger partial charge on any atom is -0.328 e. The largest absolute Gasteiger partial charge is 0.328 e. The van der Waals surface area contributed by atoms with E-state index in [-0.39, 0.29) is 0 Å². The Morgan fingerprint density at radius 2 is 2.32 bits per heavy atom. The summed E-state index contributed by atoms with van der Waals surface area (Å²) in [7, 11) is 0. The average Bonchev–Trinajstić information content (AvgIpc) is 3.06. The summed E-state index contributed by atoms with van der Waals surface area (Å²) in [4.78, 5) is 4.53. The molecule has 0 saturated heterocycles. The van der Waals surface area contributed by atoms with Gasteiger partial charge in [-0.25, -0.2) is 4.98 Å². The van der Waals surface area contributed by atoms with Gasteiger partial charge in [-0.3, -0.25) is 0 Å². The van der Waals surface area contributed by atoms with Crippen molar-refractivity contribution >= 4 is 22.4 Å². The molecule has 0 bridgehead atoms. The highest BCUT2D eigenvalue weighted by atomic mass is 32.1. The summed E-state index contributed by atoms with van der Waals surface area (Å²) < 4.78 is 2.24. The maximum absolute atomic E-state index is 4.53. The van der Waals surface area contributed by atoms with Crippen LogP contribution >= 0.6 is 11.3 Å². The maximum Gasteiger partial charge on any atom is 0.140 e. The van der Waals surface area contributed by atoms with Gasteiger partial charge in [0.1, 0.15) is 5.65 Å². The van der Waals surface area contributed by atoms with Crippen LogP contribution in [0.4, 0.5) is 0 Å². The molecule has 0 aromatic carbocycles. The van der Waals surface area contributed by atoms with Crippen LogP contribution in [0.3, 0.4) is 0 Å². The Hall–Kier alpha value is -1.65. The van der Waals surface area contributed by atoms with E-state index in [1.165, 1.54) is 16.5 Å². The number of hydrogen-bond acceptors (Lipinski definition) is 3. The van der Waals surface area contributed by atoms with E-state index in [2.05, 4.69) is 50.9 Å². The summed E-state index contributed by atoms with van der Waals surface area (Å²) in [6.07, 6.45) is 4.08. The lowest BCUT2D eigenvalue weighted by atomic mass is 10.2. The summed E-state index contributed by atoms with van der Waals surface area (Å²) in [5.41, 5.74) is 3.73. The first-order valence-electron chi connectivity index (χ1n) is 6.53. The Morgan fingerprint density at radius 3 is 3.11 bits per heavy atom. The maximum atomic E-state index is 4.53. The molecule has 0 atom stereocenters. The van der Waals surface area contributed by atoms with Crippen molar-refractivity contribution < 1.29 is 0 Å². The van der Waals surface area contributed by atoms with Crippen LogP contribution in [0, 0.1) is 0 Å². The summed E-state index contributed by atoms with van der Waals surface area (Å²) in [6, 6.07) is 6.33. The highest BCUT2D eigenvalue weighted by Gasteiger charge is 2.09. The number of rotatable bonds is 5. The smallest absolute Gasteiger partial charge is 0.140 e. The van der Waals surface area contributed by atoms with Crippen molar-refractivity contribution in [3.63, 3.8) is 0 Å². The van der Waals surface area contributed by atoms with Gasteiger partial charge < -0.3 is 9.88 Å². The predicted molar refractivity (Wildman–Crippen MR) is 80.5 cm³/mol. The van der Waals surface area contributed by atoms with Gasteiger partial charge in [-0.05, 0) is 46.6 Å². The Kier molecular flexibility index (Phi) is 3.62. The van der Waals surface area contributed by atoms with Crippen molar-refractivity contribution in [2.45, 2.75) is 20.0 Å². The molecule has 0 unspecified atom stereocenters. The molecule has 1 N–H and O–H groups in total. The zero-order valence-electron chi connectivity index (χ0n) is 11.0. The number of nitrogens with one attached hydrogen (secondary N) is 1. The van der Waals surface area contributed by atoms with E-state index in [1.54, 1.807) is 11.3 Å². The van der Waals surface area contributed by atoms with Crippen molar-refractivity contribution in [2.75, 3.05) is 6.54 Å². The van der Waals surface area contributed by atoms with Gasteiger partial charge in [0.2, 0.25) is 0 Å². The lowest BCUT2D eigenvalue weighted by molar-refractivity contribution is 0.724. The molecule has 98 valence electrons. The van der Waals surface area contributed by atoms with E-state index in [0.29, 0.717) is 0 Å². The van der Waals surface area contributed by atoms with E-state index < -0.39 is 0 Å². The highest BCUT2D eigenvalue weighted by molar-refractivity contribution is 7.07. The Labute approximate surface area is 116 Å². The van der Waals surface area contributed by atoms with Crippen LogP contribution in [-0.4, -0.2) is 16.1 Å². The summed E-state index contributed by atoms with van der Waals surface area (Å²) >= 11 is 1.74. The normalized spacial score (nSPS) is 11.2. The molecule has 0 aliphatic carbocycles. The second kappa shape index (κ2) is 5.55. The summed E-state index contributed by atoms with van der Waals surface area (Å²) in [5.74, 6) is 0. The fraction of sp³-hybridized carbons (Fsp3) is 0.267. The molecule has 3 heterocycles. The molecule has 0 aliphatic heterocycles. The fourth-order valence-corrected chi connectivity index (χ4v) is 2.96. The fourth-order valence-electron chi connectivity index (χ4n) is 2.30. The van der Waals surface area contributed by atoms with Crippen LogP contribution in [-0.2, 0) is 13.1 Å². The van der Waals surface area contributed by atoms with Crippen LogP contribution in [0.5, 0.6) is 0 Å². The van der Waals surface area contributed by atoms with E-state index in [1.807, 2.05) is 12.3 Å². The third kappa shape index (κ3) is 2.55. The Morgan fingerprint density at radius 1 is 1.37 bits per heavy atom. The topological polar surface area (TPSA) is 29.9 Å². The van der Waals surface area contributed by atoms with Gasteiger partial charge in [-0.15, -0.1) is 0 Å². The zero-order chi connectivity index (χ0) is 13.1. The van der Waals surface area contributed by atoms with Crippen molar-refractivity contribution in [3.8, 4) is 0 Å². The lowest BCUT2D eigenvalue weighted by Gasteiger charge is -2.01. The van der Waals surface area contributed by atoms with Crippen molar-refractivity contribution in [1.29, 1.82) is 0 Å². The molecule has 0 amide bonds. The lowest BCUT2D eigenvalue weighted by Crippen LogP contribution is -2.11. The number of pyridine rings is 1. The molecule has 19 heavy (non-hydrogen) atoms. The molecule has 3 rings (SSSR count). The minimum absolute atomic E-state index is 0.892. The van der Waals surface area contributed by atoms with Crippen LogP contribution < -0.4 is 5.32 Å². The second-order valence-electron chi connectivity index (χ2n) is 4.57. The summed E-state index contributed by atoms with van der Waals surface area (Å²) in [6.45, 7) is 4.90. The van der Waals surface area contributed by atoms with Crippen LogP contribution in [0.1, 0.15) is 18.1 Å². The zero-order valence-corrected chi connectivity index (χ0v) is 11.8. The van der Waals surface area contributed by atoms with E-state index in [4.69, 9.17) is 0 Å².